The number of nitrogens with two attached hydrogens (primary N) is 1. The summed E-state index contributed by atoms with van der Waals surface area (Å²) in [5, 5.41) is 35.7. The van der Waals surface area contributed by atoms with Crippen LogP contribution in [0, 0.1) is 20.2 Å². The molecule has 5 aromatic carbocycles. The van der Waals surface area contributed by atoms with Gasteiger partial charge in [0.1, 0.15) is 10.00 Å². The molecule has 6 aromatic rings. The topological polar surface area (TPSA) is 189 Å². The van der Waals surface area contributed by atoms with Gasteiger partial charge < -0.3 is 15.6 Å². The lowest BCUT2D eigenvalue weighted by Crippen LogP contribution is -2.12. The minimum atomic E-state index is -1.19. The van der Waals surface area contributed by atoms with Crippen molar-refractivity contribution >= 4 is 75.1 Å². The Balaban J connectivity index is 0.000000217. The number of carboxylic acids is 1. The van der Waals surface area contributed by atoms with Gasteiger partial charge in [0.2, 0.25) is 0 Å². The largest absolute Gasteiger partial charge is 0.478 e. The van der Waals surface area contributed by atoms with E-state index in [1.165, 1.54) is 54.8 Å². The predicted molar refractivity (Wildman–Crippen MR) is 208 cm³/mol. The number of ether oxygens (including phenoxy) is 1. The number of carbonyl (C=O) groups excluding carboxylic acids is 1. The summed E-state index contributed by atoms with van der Waals surface area (Å²) in [5.41, 5.74) is 8.98. The summed E-state index contributed by atoms with van der Waals surface area (Å²) >= 11 is 18.5. The van der Waals surface area contributed by atoms with Crippen LogP contribution in [-0.2, 0) is 4.74 Å². The van der Waals surface area contributed by atoms with Crippen LogP contribution in [0.1, 0.15) is 26.3 Å². The second-order valence-corrected chi connectivity index (χ2v) is 13.0. The first-order valence-electron chi connectivity index (χ1n) is 15.1. The number of nitro groups is 2. The molecular weight excluding hydrogens is 763 g/mol. The smallest absolute Gasteiger partial charge is 0.338 e. The van der Waals surface area contributed by atoms with Crippen molar-refractivity contribution in [2.24, 2.45) is 5.73 Å². The molecule has 16 heteroatoms. The zero-order valence-corrected chi connectivity index (χ0v) is 30.3. The quantitative estimate of drug-likeness (QED) is 0.0614. The third kappa shape index (κ3) is 8.54. The van der Waals surface area contributed by atoms with Gasteiger partial charge in [-0.3, -0.25) is 20.2 Å². The third-order valence-electron chi connectivity index (χ3n) is 7.70. The fourth-order valence-electron chi connectivity index (χ4n) is 5.25. The van der Waals surface area contributed by atoms with Crippen LogP contribution in [0.4, 0.5) is 11.4 Å². The Kier molecular flexibility index (Phi) is 11.9. The molecule has 0 atom stereocenters. The van der Waals surface area contributed by atoms with Gasteiger partial charge in [-0.05, 0) is 42.5 Å². The van der Waals surface area contributed by atoms with Gasteiger partial charge in [-0.2, -0.15) is 0 Å². The molecule has 0 saturated carbocycles. The molecule has 12 nitrogen and oxygen atoms in total. The number of nitro benzene ring substituents is 2. The zero-order valence-electron chi connectivity index (χ0n) is 27.2. The van der Waals surface area contributed by atoms with Crippen molar-refractivity contribution in [1.82, 2.24) is 4.98 Å². The van der Waals surface area contributed by atoms with Crippen LogP contribution in [0.25, 0.3) is 44.1 Å². The molecule has 1 aromatic heterocycles. The number of aromatic carboxylic acids is 1. The van der Waals surface area contributed by atoms with Gasteiger partial charge in [0.15, 0.2) is 0 Å². The molecule has 0 unspecified atom stereocenters. The Labute approximate surface area is 320 Å². The van der Waals surface area contributed by atoms with Gasteiger partial charge in [0.05, 0.1) is 49.9 Å². The number of hydrogen-bond acceptors (Lipinski definition) is 10. The van der Waals surface area contributed by atoms with Crippen LogP contribution in [0.15, 0.2) is 109 Å². The highest BCUT2D eigenvalue weighted by molar-refractivity contribution is 7.80. The lowest BCUT2D eigenvalue weighted by Gasteiger charge is -2.10. The summed E-state index contributed by atoms with van der Waals surface area (Å²) in [6.45, 7) is 0. The molecule has 0 fully saturated rings. The van der Waals surface area contributed by atoms with Crippen LogP contribution in [0.5, 0.6) is 0 Å². The first-order valence-corrected chi connectivity index (χ1v) is 17.1. The second kappa shape index (κ2) is 16.5. The minimum Gasteiger partial charge on any atom is -0.478 e. The normalized spacial score (nSPS) is 10.5. The molecule has 0 aliphatic carbocycles. The Morgan fingerprint density at radius 1 is 0.792 bits per heavy atom. The number of thiazole rings is 1. The number of esters is 1. The number of halogens is 2. The Bertz CT molecular complexity index is 2440. The van der Waals surface area contributed by atoms with E-state index in [-0.39, 0.29) is 38.6 Å². The van der Waals surface area contributed by atoms with Crippen molar-refractivity contribution < 1.29 is 29.3 Å². The fraction of sp³-hybridized carbons (Fsp3) is 0.0270. The highest BCUT2D eigenvalue weighted by Crippen LogP contribution is 2.38. The Morgan fingerprint density at radius 2 is 1.38 bits per heavy atom. The van der Waals surface area contributed by atoms with E-state index >= 15 is 0 Å². The molecule has 0 aliphatic heterocycles. The van der Waals surface area contributed by atoms with Gasteiger partial charge in [-0.25, -0.2) is 14.6 Å². The molecule has 0 amide bonds. The van der Waals surface area contributed by atoms with Gasteiger partial charge >= 0.3 is 11.9 Å². The van der Waals surface area contributed by atoms with Crippen LogP contribution >= 0.6 is 46.8 Å². The fourth-order valence-corrected chi connectivity index (χ4v) is 6.58. The van der Waals surface area contributed by atoms with E-state index in [0.717, 1.165) is 0 Å². The van der Waals surface area contributed by atoms with E-state index in [0.29, 0.717) is 48.6 Å². The van der Waals surface area contributed by atoms with Crippen LogP contribution in [0.3, 0.4) is 0 Å². The van der Waals surface area contributed by atoms with Crippen molar-refractivity contribution in [3.63, 3.8) is 0 Å². The maximum atomic E-state index is 12.0. The molecule has 6 rings (SSSR count). The van der Waals surface area contributed by atoms with E-state index < -0.39 is 21.8 Å². The third-order valence-corrected chi connectivity index (χ3v) is 9.39. The summed E-state index contributed by atoms with van der Waals surface area (Å²) < 4.78 is 4.74. The number of methoxy groups -OCH3 is 1. The van der Waals surface area contributed by atoms with E-state index in [4.69, 9.17) is 45.9 Å². The maximum Gasteiger partial charge on any atom is 0.338 e. The van der Waals surface area contributed by atoms with Crippen molar-refractivity contribution in [2.75, 3.05) is 7.11 Å². The van der Waals surface area contributed by atoms with Crippen molar-refractivity contribution in [1.29, 1.82) is 0 Å². The lowest BCUT2D eigenvalue weighted by molar-refractivity contribution is -0.384. The Morgan fingerprint density at radius 3 is 1.94 bits per heavy atom. The van der Waals surface area contributed by atoms with Gasteiger partial charge in [-0.1, -0.05) is 84.0 Å². The monoisotopic (exact) mass is 786 g/mol. The number of aromatic nitrogens is 1. The molecule has 0 spiro atoms. The Hall–Kier alpha value is -6.06. The van der Waals surface area contributed by atoms with E-state index in [2.05, 4.69) is 4.98 Å². The SMILES string of the molecule is COC(=O)c1cc(C(N)=S)ccc1-c1ccccc1[N+](=O)[O-].O=C(O)c1cc(-c2nc(-c3cc(Cl)ccc3Cl)cs2)ccc1-c1ccccc1[N+](=O)[O-]. The van der Waals surface area contributed by atoms with Gasteiger partial charge in [0.25, 0.3) is 11.4 Å². The molecule has 1 heterocycles. The first-order chi connectivity index (χ1) is 25.3. The van der Waals surface area contributed by atoms with Crippen molar-refractivity contribution in [2.45, 2.75) is 0 Å². The number of hydrogen-bond donors (Lipinski definition) is 2. The van der Waals surface area contributed by atoms with Crippen LogP contribution in [-0.4, -0.2) is 44.0 Å². The summed E-state index contributed by atoms with van der Waals surface area (Å²) in [6, 6.07) is 26.7. The van der Waals surface area contributed by atoms with Crippen LogP contribution in [0.2, 0.25) is 10.0 Å². The zero-order chi connectivity index (χ0) is 38.4. The molecule has 0 bridgehead atoms. The number of carbonyl (C=O) groups is 2. The molecule has 266 valence electrons. The molecule has 3 N–H and O–H groups in total. The summed E-state index contributed by atoms with van der Waals surface area (Å²) in [4.78, 5) is 50.2. The number of para-hydroxylation sites is 2. The summed E-state index contributed by atoms with van der Waals surface area (Å²) in [5.74, 6) is -1.81. The van der Waals surface area contributed by atoms with Gasteiger partial charge in [0, 0.05) is 50.4 Å². The number of thiocarbonyl (C=S) groups is 1. The first kappa shape index (κ1) is 38.2. The second-order valence-electron chi connectivity index (χ2n) is 10.9. The predicted octanol–water partition coefficient (Wildman–Crippen LogP) is 9.74. The number of carboxylic acid groups (broad SMARTS) is 1. The maximum absolute atomic E-state index is 12.0. The summed E-state index contributed by atoms with van der Waals surface area (Å²) in [7, 11) is 1.24. The number of benzene rings is 5. The highest BCUT2D eigenvalue weighted by Gasteiger charge is 2.23. The number of nitrogens with zero attached hydrogens (tertiary/aromatic N) is 3. The average molecular weight is 788 g/mol. The molecule has 0 aliphatic rings. The highest BCUT2D eigenvalue weighted by atomic mass is 35.5. The molecular formula is C37H24Cl2N4O8S2. The van der Waals surface area contributed by atoms with Crippen molar-refractivity contribution in [3.8, 4) is 44.1 Å². The van der Waals surface area contributed by atoms with Gasteiger partial charge in [-0.15, -0.1) is 11.3 Å². The lowest BCUT2D eigenvalue weighted by atomic mass is 9.96. The van der Waals surface area contributed by atoms with Crippen LogP contribution < -0.4 is 5.73 Å². The number of rotatable bonds is 9. The van der Waals surface area contributed by atoms with E-state index in [1.807, 2.05) is 5.38 Å². The average Bonchev–Trinajstić information content (AvgIpc) is 3.65. The van der Waals surface area contributed by atoms with Crippen molar-refractivity contribution in [3.05, 3.63) is 155 Å². The molecule has 0 radical (unpaired) electrons. The van der Waals surface area contributed by atoms with E-state index in [1.54, 1.807) is 66.7 Å². The molecule has 53 heavy (non-hydrogen) atoms. The molecule has 0 saturated heterocycles. The minimum absolute atomic E-state index is 0.0515. The standard InChI is InChI=1S/C22H12Cl2N2O4S.C15H12N2O4S/c23-13-6-8-18(24)17(10-13)19-11-31-21(25-19)12-5-7-14(16(9-12)22(27)28)15-3-1-2-4-20(15)26(29)30;1-21-15(18)12-8-9(14(16)22)6-7-10(12)11-4-2-3-5-13(11)17(19)20/h1-11H,(H,27,28);2-8H,1H3,(H2,16,22). The van der Waals surface area contributed by atoms with E-state index in [9.17, 15) is 34.9 Å². The summed E-state index contributed by atoms with van der Waals surface area (Å²) in [6.07, 6.45) is 0.